The van der Waals surface area contributed by atoms with E-state index in [1.165, 1.54) is 0 Å². The average molecular weight is 391 g/mol. The van der Waals surface area contributed by atoms with Crippen LogP contribution in [0.15, 0.2) is 53.0 Å². The molecule has 2 aromatic carbocycles. The minimum Gasteiger partial charge on any atom is -0.352 e. The lowest BCUT2D eigenvalue weighted by molar-refractivity contribution is 0.0846. The van der Waals surface area contributed by atoms with Crippen LogP contribution in [0.3, 0.4) is 0 Å². The second-order valence-electron chi connectivity index (χ2n) is 4.80. The van der Waals surface area contributed by atoms with Gasteiger partial charge in [-0.1, -0.05) is 24.3 Å². The number of urea groups is 1. The fraction of sp³-hybridized carbons (Fsp3) is 0.0625. The molecule has 8 heteroatoms. The number of hydrazine groups is 1. The van der Waals surface area contributed by atoms with Crippen LogP contribution < -0.4 is 21.9 Å². The van der Waals surface area contributed by atoms with Crippen molar-refractivity contribution in [1.82, 2.24) is 16.2 Å². The maximum Gasteiger partial charge on any atom is 0.312 e. The molecule has 5 N–H and O–H groups in total. The van der Waals surface area contributed by atoms with E-state index < -0.39 is 17.8 Å². The number of halogens is 1. The fourth-order valence-electron chi connectivity index (χ4n) is 1.86. The molecule has 0 unspecified atom stereocenters. The predicted octanol–water partition coefficient (Wildman–Crippen LogP) is 1.69. The molecule has 0 radical (unpaired) electrons. The van der Waals surface area contributed by atoms with Gasteiger partial charge in [-0.25, -0.2) is 4.79 Å². The van der Waals surface area contributed by atoms with Crippen LogP contribution in [0.4, 0.5) is 4.79 Å². The fourth-order valence-corrected chi connectivity index (χ4v) is 2.33. The molecule has 2 aromatic rings. The van der Waals surface area contributed by atoms with Gasteiger partial charge in [0.05, 0.1) is 5.56 Å². The summed E-state index contributed by atoms with van der Waals surface area (Å²) in [4.78, 5) is 34.7. The average Bonchev–Trinajstić information content (AvgIpc) is 2.58. The zero-order chi connectivity index (χ0) is 17.5. The first kappa shape index (κ1) is 17.5. The molecule has 2 rings (SSSR count). The normalized spacial score (nSPS) is 9.88. The minimum absolute atomic E-state index is 0.274. The number of hydrogen-bond donors (Lipinski definition) is 4. The van der Waals surface area contributed by atoms with Crippen molar-refractivity contribution in [3.05, 3.63) is 69.7 Å². The molecular formula is C16H15BrN4O3. The SMILES string of the molecule is NC(=O)NCc1ccc(C(=O)NNC(=O)c2ccccc2Br)cc1. The zero-order valence-corrected chi connectivity index (χ0v) is 14.1. The summed E-state index contributed by atoms with van der Waals surface area (Å²) in [5.41, 5.74) is 11.3. The van der Waals surface area contributed by atoms with Crippen LogP contribution in [0.1, 0.15) is 26.3 Å². The molecule has 0 saturated heterocycles. The van der Waals surface area contributed by atoms with Crippen LogP contribution in [-0.4, -0.2) is 17.8 Å². The van der Waals surface area contributed by atoms with Crippen LogP contribution in [0.25, 0.3) is 0 Å². The standard InChI is InChI=1S/C16H15BrN4O3/c17-13-4-2-1-3-12(13)15(23)21-20-14(22)11-7-5-10(6-8-11)9-19-16(18)24/h1-8H,9H2,(H,20,22)(H,21,23)(H3,18,19,24). The number of amides is 4. The number of nitrogens with two attached hydrogens (primary N) is 1. The highest BCUT2D eigenvalue weighted by atomic mass is 79.9. The molecule has 7 nitrogen and oxygen atoms in total. The van der Waals surface area contributed by atoms with E-state index in [-0.39, 0.29) is 6.54 Å². The number of rotatable bonds is 4. The van der Waals surface area contributed by atoms with E-state index in [1.54, 1.807) is 48.5 Å². The number of carbonyl (C=O) groups is 3. The highest BCUT2D eigenvalue weighted by molar-refractivity contribution is 9.10. The summed E-state index contributed by atoms with van der Waals surface area (Å²) in [6.07, 6.45) is 0. The van der Waals surface area contributed by atoms with Gasteiger partial charge in [-0.3, -0.25) is 20.4 Å². The van der Waals surface area contributed by atoms with Gasteiger partial charge >= 0.3 is 6.03 Å². The largest absolute Gasteiger partial charge is 0.352 e. The van der Waals surface area contributed by atoms with E-state index >= 15 is 0 Å². The Morgan fingerprint density at radius 1 is 0.917 bits per heavy atom. The number of carbonyl (C=O) groups excluding carboxylic acids is 3. The van der Waals surface area contributed by atoms with E-state index in [1.807, 2.05) is 0 Å². The van der Waals surface area contributed by atoms with Gasteiger partial charge < -0.3 is 11.1 Å². The van der Waals surface area contributed by atoms with Crippen LogP contribution in [-0.2, 0) is 6.54 Å². The zero-order valence-electron chi connectivity index (χ0n) is 12.5. The summed E-state index contributed by atoms with van der Waals surface area (Å²) in [6, 6.07) is 12.8. The van der Waals surface area contributed by atoms with Gasteiger partial charge in [0.2, 0.25) is 0 Å². The third-order valence-corrected chi connectivity index (χ3v) is 3.78. The third-order valence-electron chi connectivity index (χ3n) is 3.09. The Morgan fingerprint density at radius 3 is 2.17 bits per heavy atom. The Morgan fingerprint density at radius 2 is 1.54 bits per heavy atom. The molecule has 0 bridgehead atoms. The summed E-state index contributed by atoms with van der Waals surface area (Å²) in [5, 5.41) is 2.45. The Bertz CT molecular complexity index is 762. The maximum absolute atomic E-state index is 12.0. The summed E-state index contributed by atoms with van der Waals surface area (Å²) < 4.78 is 0.628. The summed E-state index contributed by atoms with van der Waals surface area (Å²) in [5.74, 6) is -0.886. The van der Waals surface area contributed by atoms with Gasteiger partial charge in [0.1, 0.15) is 0 Å². The predicted molar refractivity (Wildman–Crippen MR) is 91.9 cm³/mol. The van der Waals surface area contributed by atoms with Gasteiger partial charge in [0, 0.05) is 16.6 Å². The van der Waals surface area contributed by atoms with Gasteiger partial charge in [0.15, 0.2) is 0 Å². The van der Waals surface area contributed by atoms with E-state index in [0.717, 1.165) is 5.56 Å². The lowest BCUT2D eigenvalue weighted by atomic mass is 10.1. The van der Waals surface area contributed by atoms with E-state index in [2.05, 4.69) is 32.1 Å². The highest BCUT2D eigenvalue weighted by Crippen LogP contribution is 2.15. The lowest BCUT2D eigenvalue weighted by Gasteiger charge is -2.09. The molecule has 0 heterocycles. The van der Waals surface area contributed by atoms with Crippen molar-refractivity contribution in [2.75, 3.05) is 0 Å². The summed E-state index contributed by atoms with van der Waals surface area (Å²) >= 11 is 3.27. The van der Waals surface area contributed by atoms with Crippen molar-refractivity contribution in [2.24, 2.45) is 5.73 Å². The van der Waals surface area contributed by atoms with Crippen molar-refractivity contribution >= 4 is 33.8 Å². The summed E-state index contributed by atoms with van der Waals surface area (Å²) in [7, 11) is 0. The number of hydrogen-bond acceptors (Lipinski definition) is 3. The van der Waals surface area contributed by atoms with Crippen molar-refractivity contribution in [1.29, 1.82) is 0 Å². The quantitative estimate of drug-likeness (QED) is 0.595. The molecule has 0 atom stereocenters. The smallest absolute Gasteiger partial charge is 0.312 e. The molecule has 0 aromatic heterocycles. The van der Waals surface area contributed by atoms with Crippen molar-refractivity contribution in [3.63, 3.8) is 0 Å². The molecule has 24 heavy (non-hydrogen) atoms. The molecule has 0 aliphatic carbocycles. The topological polar surface area (TPSA) is 113 Å². The second kappa shape index (κ2) is 8.11. The molecule has 124 valence electrons. The molecule has 0 spiro atoms. The first-order valence-corrected chi connectivity index (χ1v) is 7.74. The highest BCUT2D eigenvalue weighted by Gasteiger charge is 2.11. The van der Waals surface area contributed by atoms with Crippen LogP contribution in [0, 0.1) is 0 Å². The molecule has 4 amide bonds. The monoisotopic (exact) mass is 390 g/mol. The molecular weight excluding hydrogens is 376 g/mol. The van der Waals surface area contributed by atoms with Crippen LogP contribution >= 0.6 is 15.9 Å². The van der Waals surface area contributed by atoms with Gasteiger partial charge in [-0.15, -0.1) is 0 Å². The molecule has 0 fully saturated rings. The van der Waals surface area contributed by atoms with Crippen LogP contribution in [0.5, 0.6) is 0 Å². The minimum atomic E-state index is -0.619. The Balaban J connectivity index is 1.91. The van der Waals surface area contributed by atoms with Crippen molar-refractivity contribution in [3.8, 4) is 0 Å². The van der Waals surface area contributed by atoms with Crippen molar-refractivity contribution in [2.45, 2.75) is 6.54 Å². The Hall–Kier alpha value is -2.87. The molecule has 0 aliphatic heterocycles. The Labute approximate surface area is 146 Å². The lowest BCUT2D eigenvalue weighted by Crippen LogP contribution is -2.41. The van der Waals surface area contributed by atoms with E-state index in [0.29, 0.717) is 15.6 Å². The molecule has 0 saturated carbocycles. The van der Waals surface area contributed by atoms with Gasteiger partial charge in [-0.2, -0.15) is 0 Å². The van der Waals surface area contributed by atoms with E-state index in [4.69, 9.17) is 5.73 Å². The first-order chi connectivity index (χ1) is 11.5. The van der Waals surface area contributed by atoms with Crippen LogP contribution in [0.2, 0.25) is 0 Å². The second-order valence-corrected chi connectivity index (χ2v) is 5.66. The third kappa shape index (κ3) is 4.82. The number of primary amides is 1. The Kier molecular flexibility index (Phi) is 5.91. The maximum atomic E-state index is 12.0. The number of benzene rings is 2. The first-order valence-electron chi connectivity index (χ1n) is 6.95. The van der Waals surface area contributed by atoms with Crippen molar-refractivity contribution < 1.29 is 14.4 Å². The molecule has 0 aliphatic rings. The number of nitrogens with one attached hydrogen (secondary N) is 3. The summed E-state index contributed by atoms with van der Waals surface area (Å²) in [6.45, 7) is 0.274. The van der Waals surface area contributed by atoms with Gasteiger partial charge in [-0.05, 0) is 45.8 Å². The van der Waals surface area contributed by atoms with Gasteiger partial charge in [0.25, 0.3) is 11.8 Å². The van der Waals surface area contributed by atoms with E-state index in [9.17, 15) is 14.4 Å².